The maximum atomic E-state index is 11.1. The Morgan fingerprint density at radius 1 is 1.50 bits per heavy atom. The van der Waals surface area contributed by atoms with Crippen molar-refractivity contribution in [3.63, 3.8) is 0 Å². The van der Waals surface area contributed by atoms with Crippen LogP contribution in [0.2, 0.25) is 0 Å². The minimum absolute atomic E-state index is 0.469. The van der Waals surface area contributed by atoms with Gasteiger partial charge in [-0.25, -0.2) is 0 Å². The first-order valence-corrected chi connectivity index (χ1v) is 5.47. The molecule has 0 unspecified atom stereocenters. The fraction of sp³-hybridized carbons (Fsp3) is 0.333. The van der Waals surface area contributed by atoms with Gasteiger partial charge in [-0.2, -0.15) is 5.10 Å². The number of carbonyl (C=O) groups excluding carboxylic acids is 1. The van der Waals surface area contributed by atoms with Crippen molar-refractivity contribution in [1.29, 1.82) is 0 Å². The van der Waals surface area contributed by atoms with Crippen LogP contribution in [0.3, 0.4) is 0 Å². The molecule has 0 radical (unpaired) electrons. The molecule has 3 rings (SSSR count). The first-order chi connectivity index (χ1) is 7.90. The van der Waals surface area contributed by atoms with Gasteiger partial charge in [-0.3, -0.25) is 9.89 Å². The van der Waals surface area contributed by atoms with E-state index in [0.29, 0.717) is 22.9 Å². The molecule has 1 saturated carbocycles. The predicted octanol–water partition coefficient (Wildman–Crippen LogP) is 2.75. The summed E-state index contributed by atoms with van der Waals surface area (Å²) < 4.78 is 5.27. The van der Waals surface area contributed by atoms with Gasteiger partial charge in [0.15, 0.2) is 12.0 Å². The molecule has 82 valence electrons. The number of aromatic nitrogens is 2. The largest absolute Gasteiger partial charge is 0.463 e. The highest BCUT2D eigenvalue weighted by Crippen LogP contribution is 2.38. The van der Waals surface area contributed by atoms with E-state index < -0.39 is 0 Å². The molecule has 4 nitrogen and oxygen atoms in total. The zero-order valence-electron chi connectivity index (χ0n) is 8.77. The van der Waals surface area contributed by atoms with Crippen LogP contribution < -0.4 is 0 Å². The standard InChI is InChI=1S/C12H12N2O2/c15-7-9-11(8-3-1-4-8)13-14-12(9)10-5-2-6-16-10/h2,5-8H,1,3-4H2,(H,13,14). The van der Waals surface area contributed by atoms with Gasteiger partial charge in [0.25, 0.3) is 0 Å². The summed E-state index contributed by atoms with van der Waals surface area (Å²) >= 11 is 0. The lowest BCUT2D eigenvalue weighted by Gasteiger charge is -2.24. The molecule has 1 fully saturated rings. The number of furan rings is 1. The number of aromatic amines is 1. The second kappa shape index (κ2) is 3.63. The summed E-state index contributed by atoms with van der Waals surface area (Å²) in [5.41, 5.74) is 2.24. The summed E-state index contributed by atoms with van der Waals surface area (Å²) in [6.07, 6.45) is 5.97. The van der Waals surface area contributed by atoms with E-state index in [1.54, 1.807) is 12.3 Å². The van der Waals surface area contributed by atoms with E-state index in [2.05, 4.69) is 10.2 Å². The molecule has 2 aromatic rings. The smallest absolute Gasteiger partial charge is 0.154 e. The minimum atomic E-state index is 0.469. The van der Waals surface area contributed by atoms with Crippen molar-refractivity contribution in [2.75, 3.05) is 0 Å². The Kier molecular flexibility index (Phi) is 2.13. The van der Waals surface area contributed by atoms with Crippen molar-refractivity contribution in [1.82, 2.24) is 10.2 Å². The van der Waals surface area contributed by atoms with Crippen molar-refractivity contribution in [2.45, 2.75) is 25.2 Å². The topological polar surface area (TPSA) is 58.9 Å². The Hall–Kier alpha value is -1.84. The summed E-state index contributed by atoms with van der Waals surface area (Å²) in [5.74, 6) is 1.11. The van der Waals surface area contributed by atoms with Gasteiger partial charge in [0.05, 0.1) is 11.8 Å². The monoisotopic (exact) mass is 216 g/mol. The molecule has 0 atom stereocenters. The molecule has 2 aromatic heterocycles. The molecular formula is C12H12N2O2. The van der Waals surface area contributed by atoms with Gasteiger partial charge in [0, 0.05) is 11.6 Å². The number of aldehydes is 1. The number of hydrogen-bond acceptors (Lipinski definition) is 3. The van der Waals surface area contributed by atoms with E-state index in [0.717, 1.165) is 24.8 Å². The molecule has 0 amide bonds. The average molecular weight is 216 g/mol. The lowest BCUT2D eigenvalue weighted by Crippen LogP contribution is -2.11. The maximum Gasteiger partial charge on any atom is 0.154 e. The van der Waals surface area contributed by atoms with Crippen molar-refractivity contribution >= 4 is 6.29 Å². The lowest BCUT2D eigenvalue weighted by molar-refractivity contribution is 0.112. The number of carbonyl (C=O) groups is 1. The Labute approximate surface area is 92.7 Å². The van der Waals surface area contributed by atoms with Gasteiger partial charge >= 0.3 is 0 Å². The van der Waals surface area contributed by atoms with E-state index in [9.17, 15) is 4.79 Å². The van der Waals surface area contributed by atoms with Gasteiger partial charge in [-0.05, 0) is 25.0 Å². The molecule has 1 aliphatic rings. The normalized spacial score (nSPS) is 16.0. The number of H-pyrrole nitrogens is 1. The van der Waals surface area contributed by atoms with Crippen LogP contribution in [-0.4, -0.2) is 16.5 Å². The average Bonchev–Trinajstić information content (AvgIpc) is 2.81. The van der Waals surface area contributed by atoms with Gasteiger partial charge in [-0.15, -0.1) is 0 Å². The molecule has 1 N–H and O–H groups in total. The summed E-state index contributed by atoms with van der Waals surface area (Å²) in [7, 11) is 0. The molecule has 4 heteroatoms. The predicted molar refractivity (Wildman–Crippen MR) is 58.3 cm³/mol. The van der Waals surface area contributed by atoms with Gasteiger partial charge in [-0.1, -0.05) is 6.42 Å². The number of nitrogens with one attached hydrogen (secondary N) is 1. The van der Waals surface area contributed by atoms with Crippen LogP contribution in [0.5, 0.6) is 0 Å². The highest BCUT2D eigenvalue weighted by molar-refractivity contribution is 5.86. The molecule has 0 bridgehead atoms. The van der Waals surface area contributed by atoms with Crippen LogP contribution in [0, 0.1) is 0 Å². The van der Waals surface area contributed by atoms with E-state index in [1.165, 1.54) is 6.42 Å². The molecular weight excluding hydrogens is 204 g/mol. The zero-order valence-corrected chi connectivity index (χ0v) is 8.77. The van der Waals surface area contributed by atoms with Crippen LogP contribution in [0.1, 0.15) is 41.2 Å². The van der Waals surface area contributed by atoms with Crippen molar-refractivity contribution in [2.24, 2.45) is 0 Å². The summed E-state index contributed by atoms with van der Waals surface area (Å²) in [5, 5.41) is 7.16. The van der Waals surface area contributed by atoms with Crippen LogP contribution >= 0.6 is 0 Å². The molecule has 16 heavy (non-hydrogen) atoms. The third-order valence-corrected chi connectivity index (χ3v) is 3.22. The quantitative estimate of drug-likeness (QED) is 0.802. The number of nitrogens with zero attached hydrogens (tertiary/aromatic N) is 1. The van der Waals surface area contributed by atoms with Gasteiger partial charge in [0.2, 0.25) is 0 Å². The molecule has 0 saturated heterocycles. The minimum Gasteiger partial charge on any atom is -0.463 e. The molecule has 2 heterocycles. The van der Waals surface area contributed by atoms with Crippen LogP contribution in [0.25, 0.3) is 11.5 Å². The first-order valence-electron chi connectivity index (χ1n) is 5.47. The van der Waals surface area contributed by atoms with Crippen LogP contribution in [0.15, 0.2) is 22.8 Å². The van der Waals surface area contributed by atoms with E-state index in [1.807, 2.05) is 6.07 Å². The summed E-state index contributed by atoms with van der Waals surface area (Å²) in [6.45, 7) is 0. The fourth-order valence-electron chi connectivity index (χ4n) is 2.09. The Morgan fingerprint density at radius 2 is 2.38 bits per heavy atom. The van der Waals surface area contributed by atoms with Crippen molar-refractivity contribution in [3.05, 3.63) is 29.7 Å². The van der Waals surface area contributed by atoms with Crippen molar-refractivity contribution in [3.8, 4) is 11.5 Å². The van der Waals surface area contributed by atoms with Crippen LogP contribution in [-0.2, 0) is 0 Å². The Balaban J connectivity index is 2.06. The molecule has 0 spiro atoms. The maximum absolute atomic E-state index is 11.1. The van der Waals surface area contributed by atoms with E-state index >= 15 is 0 Å². The summed E-state index contributed by atoms with van der Waals surface area (Å²) in [4.78, 5) is 11.1. The molecule has 0 aliphatic heterocycles. The third-order valence-electron chi connectivity index (χ3n) is 3.22. The fourth-order valence-corrected chi connectivity index (χ4v) is 2.09. The van der Waals surface area contributed by atoms with Crippen molar-refractivity contribution < 1.29 is 9.21 Å². The van der Waals surface area contributed by atoms with E-state index in [4.69, 9.17) is 4.42 Å². The second-order valence-corrected chi connectivity index (χ2v) is 4.12. The highest BCUT2D eigenvalue weighted by Gasteiger charge is 2.26. The zero-order chi connectivity index (χ0) is 11.0. The van der Waals surface area contributed by atoms with Gasteiger partial charge < -0.3 is 4.42 Å². The van der Waals surface area contributed by atoms with Crippen LogP contribution in [0.4, 0.5) is 0 Å². The lowest BCUT2D eigenvalue weighted by atomic mass is 9.81. The Morgan fingerprint density at radius 3 is 2.94 bits per heavy atom. The first kappa shape index (κ1) is 9.39. The molecule has 0 aromatic carbocycles. The van der Waals surface area contributed by atoms with Gasteiger partial charge in [0.1, 0.15) is 5.69 Å². The third kappa shape index (κ3) is 1.30. The van der Waals surface area contributed by atoms with E-state index in [-0.39, 0.29) is 0 Å². The summed E-state index contributed by atoms with van der Waals surface area (Å²) in [6, 6.07) is 3.61. The number of rotatable bonds is 3. The molecule has 1 aliphatic carbocycles. The number of hydrogen-bond donors (Lipinski definition) is 1. The Bertz CT molecular complexity index is 495. The highest BCUT2D eigenvalue weighted by atomic mass is 16.3. The SMILES string of the molecule is O=Cc1c(-c2ccco2)n[nH]c1C1CCC1. The second-order valence-electron chi connectivity index (χ2n) is 4.12.